The molecule has 0 amide bonds. The molecule has 6 N–H and O–H groups in total. The standard InChI is InChI=1S/C46H76NO12P/c1-3-5-7-9-11-13-15-17-18-19-20-21-23-25-27-29-31-35-44(50)56-37-40(38-57-60(54,55)58-39-41(47)46(52)53)59-45(51)36-32-34-43(49)42(48)33-30-28-26-24-22-16-14-12-10-8-6-4-2/h6,8,11-14,17-18,20-22,24,28,30,40-43,48-49H,3-5,7,9-10,15-16,19,23,25-27,29,31-39,47H2,1-2H3,(H,52,53)(H,54,55)/b8-6-,13-11-,14-12-,18-17-,21-20-,24-22-,30-28-/t40-,41+,42-,43-/m1/s1. The van der Waals surface area contributed by atoms with Gasteiger partial charge in [-0.15, -0.1) is 0 Å². The van der Waals surface area contributed by atoms with Gasteiger partial charge in [-0.1, -0.05) is 125 Å². The third-order valence-electron chi connectivity index (χ3n) is 8.83. The zero-order chi connectivity index (χ0) is 44.5. The van der Waals surface area contributed by atoms with Crippen LogP contribution in [0, 0.1) is 0 Å². The van der Waals surface area contributed by atoms with E-state index in [1.165, 1.54) is 19.3 Å². The number of carboxylic acid groups (broad SMARTS) is 1. The molecule has 0 aliphatic carbocycles. The fourth-order valence-corrected chi connectivity index (χ4v) is 6.05. The average molecular weight is 866 g/mol. The smallest absolute Gasteiger partial charge is 0.472 e. The van der Waals surface area contributed by atoms with E-state index in [0.717, 1.165) is 64.2 Å². The van der Waals surface area contributed by atoms with E-state index in [1.54, 1.807) is 6.08 Å². The van der Waals surface area contributed by atoms with E-state index in [0.29, 0.717) is 12.8 Å². The summed E-state index contributed by atoms with van der Waals surface area (Å²) >= 11 is 0. The summed E-state index contributed by atoms with van der Waals surface area (Å²) in [5.41, 5.74) is 5.31. The third kappa shape index (κ3) is 37.6. The van der Waals surface area contributed by atoms with Crippen molar-refractivity contribution in [2.24, 2.45) is 5.73 Å². The van der Waals surface area contributed by atoms with Crippen LogP contribution in [0.15, 0.2) is 85.1 Å². The minimum absolute atomic E-state index is 0.106. The van der Waals surface area contributed by atoms with Crippen LogP contribution in [-0.2, 0) is 37.5 Å². The molecule has 0 aromatic rings. The number of hydrogen-bond acceptors (Lipinski definition) is 11. The van der Waals surface area contributed by atoms with Gasteiger partial charge >= 0.3 is 25.7 Å². The minimum atomic E-state index is -4.81. The van der Waals surface area contributed by atoms with Gasteiger partial charge in [-0.05, 0) is 89.9 Å². The maximum absolute atomic E-state index is 12.7. The first-order valence-electron chi connectivity index (χ1n) is 21.8. The predicted octanol–water partition coefficient (Wildman–Crippen LogP) is 9.44. The van der Waals surface area contributed by atoms with Gasteiger partial charge in [-0.2, -0.15) is 0 Å². The van der Waals surface area contributed by atoms with Crippen molar-refractivity contribution in [2.75, 3.05) is 19.8 Å². The molecule has 5 atom stereocenters. The fourth-order valence-electron chi connectivity index (χ4n) is 5.27. The Labute approximate surface area is 359 Å². The lowest BCUT2D eigenvalue weighted by molar-refractivity contribution is -0.161. The first-order chi connectivity index (χ1) is 28.9. The number of carbonyl (C=O) groups excluding carboxylic acids is 2. The number of ether oxygens (including phenoxy) is 2. The molecule has 0 aliphatic rings. The summed E-state index contributed by atoms with van der Waals surface area (Å²) in [5.74, 6) is -2.74. The molecule has 0 aliphatic heterocycles. The number of carbonyl (C=O) groups is 3. The molecule has 0 aromatic heterocycles. The van der Waals surface area contributed by atoms with E-state index in [4.69, 9.17) is 24.8 Å². The molecule has 0 rings (SSSR count). The number of aliphatic hydroxyl groups is 2. The third-order valence-corrected chi connectivity index (χ3v) is 9.78. The minimum Gasteiger partial charge on any atom is -0.480 e. The van der Waals surface area contributed by atoms with Gasteiger partial charge in [0, 0.05) is 12.8 Å². The Balaban J connectivity index is 4.67. The zero-order valence-electron chi connectivity index (χ0n) is 36.2. The van der Waals surface area contributed by atoms with Crippen molar-refractivity contribution in [1.82, 2.24) is 0 Å². The monoisotopic (exact) mass is 866 g/mol. The van der Waals surface area contributed by atoms with Crippen LogP contribution in [-0.4, -0.2) is 82.3 Å². The lowest BCUT2D eigenvalue weighted by atomic mass is 10.0. The molecule has 0 aromatic carbocycles. The van der Waals surface area contributed by atoms with Crippen molar-refractivity contribution in [3.05, 3.63) is 85.1 Å². The molecular formula is C46H76NO12P. The maximum Gasteiger partial charge on any atom is 0.472 e. The fraction of sp³-hybridized carbons (Fsp3) is 0.630. The first-order valence-corrected chi connectivity index (χ1v) is 23.3. The molecule has 0 spiro atoms. The molecule has 0 fully saturated rings. The molecule has 14 heteroatoms. The highest BCUT2D eigenvalue weighted by Crippen LogP contribution is 2.43. The average Bonchev–Trinajstić information content (AvgIpc) is 3.22. The van der Waals surface area contributed by atoms with Gasteiger partial charge in [0.1, 0.15) is 12.6 Å². The van der Waals surface area contributed by atoms with Gasteiger partial charge in [0.15, 0.2) is 6.10 Å². The number of aliphatic hydroxyl groups excluding tert-OH is 2. The molecule has 0 heterocycles. The van der Waals surface area contributed by atoms with Crippen molar-refractivity contribution in [1.29, 1.82) is 0 Å². The quantitative estimate of drug-likeness (QED) is 0.0169. The van der Waals surface area contributed by atoms with E-state index in [9.17, 15) is 34.1 Å². The highest BCUT2D eigenvalue weighted by atomic mass is 31.2. The second-order valence-electron chi connectivity index (χ2n) is 14.4. The Morgan fingerprint density at radius 1 is 0.600 bits per heavy atom. The number of hydrogen-bond donors (Lipinski definition) is 5. The van der Waals surface area contributed by atoms with Crippen LogP contribution in [0.4, 0.5) is 0 Å². The number of phosphoric acid groups is 1. The molecule has 13 nitrogen and oxygen atoms in total. The van der Waals surface area contributed by atoms with E-state index in [-0.39, 0.29) is 32.1 Å². The van der Waals surface area contributed by atoms with Crippen LogP contribution >= 0.6 is 7.82 Å². The largest absolute Gasteiger partial charge is 0.480 e. The second-order valence-corrected chi connectivity index (χ2v) is 15.9. The summed E-state index contributed by atoms with van der Waals surface area (Å²) in [5, 5.41) is 29.6. The molecule has 0 saturated heterocycles. The van der Waals surface area contributed by atoms with Gasteiger partial charge in [-0.3, -0.25) is 23.4 Å². The molecule has 0 bridgehead atoms. The number of unbranched alkanes of at least 4 members (excludes halogenated alkanes) is 7. The number of esters is 2. The number of nitrogens with two attached hydrogens (primary N) is 1. The van der Waals surface area contributed by atoms with Crippen LogP contribution in [0.25, 0.3) is 0 Å². The first kappa shape index (κ1) is 56.6. The molecular weight excluding hydrogens is 789 g/mol. The second kappa shape index (κ2) is 39.7. The molecule has 0 radical (unpaired) electrons. The Kier molecular flexibility index (Phi) is 37.4. The number of phosphoric ester groups is 1. The molecule has 342 valence electrons. The summed E-state index contributed by atoms with van der Waals surface area (Å²) in [6.07, 6.45) is 41.0. The molecule has 0 saturated carbocycles. The Bertz CT molecular complexity index is 1370. The van der Waals surface area contributed by atoms with Crippen LogP contribution in [0.5, 0.6) is 0 Å². The number of rotatable bonds is 39. The highest BCUT2D eigenvalue weighted by molar-refractivity contribution is 7.47. The SMILES string of the molecule is CC/C=C\C/C=C\C/C=C\C/C=C\C[C@@H](O)[C@H](O)CCCC(=O)O[C@H](COC(=O)CCCCCC/C=C\C/C=C\C/C=C\CCCCC)COP(=O)(O)OC[C@H](N)C(=O)O. The van der Waals surface area contributed by atoms with E-state index < -0.39 is 69.9 Å². The van der Waals surface area contributed by atoms with Crippen LogP contribution < -0.4 is 5.73 Å². The van der Waals surface area contributed by atoms with Crippen LogP contribution in [0.2, 0.25) is 0 Å². The number of carboxylic acids is 1. The lowest BCUT2D eigenvalue weighted by Crippen LogP contribution is -2.34. The highest BCUT2D eigenvalue weighted by Gasteiger charge is 2.28. The Hall–Kier alpha value is -3.42. The van der Waals surface area contributed by atoms with Gasteiger partial charge in [-0.25, -0.2) is 4.57 Å². The topological polar surface area (TPSA) is 212 Å². The van der Waals surface area contributed by atoms with Gasteiger partial charge in [0.2, 0.25) is 0 Å². The van der Waals surface area contributed by atoms with E-state index >= 15 is 0 Å². The Morgan fingerprint density at radius 3 is 1.67 bits per heavy atom. The summed E-state index contributed by atoms with van der Waals surface area (Å²) < 4.78 is 32.5. The van der Waals surface area contributed by atoms with Crippen LogP contribution in [0.1, 0.15) is 142 Å². The van der Waals surface area contributed by atoms with E-state index in [1.807, 2.05) is 12.2 Å². The van der Waals surface area contributed by atoms with Crippen molar-refractivity contribution in [3.8, 4) is 0 Å². The summed E-state index contributed by atoms with van der Waals surface area (Å²) in [6, 6.07) is -1.58. The maximum atomic E-state index is 12.7. The van der Waals surface area contributed by atoms with Crippen molar-refractivity contribution < 1.29 is 57.7 Å². The zero-order valence-corrected chi connectivity index (χ0v) is 37.1. The summed E-state index contributed by atoms with van der Waals surface area (Å²) in [7, 11) is -4.81. The lowest BCUT2D eigenvalue weighted by Gasteiger charge is -2.20. The summed E-state index contributed by atoms with van der Waals surface area (Å²) in [6.45, 7) is 2.32. The number of aliphatic carboxylic acids is 1. The van der Waals surface area contributed by atoms with Gasteiger partial charge in [0.25, 0.3) is 0 Å². The number of allylic oxidation sites excluding steroid dienone is 13. The van der Waals surface area contributed by atoms with Gasteiger partial charge in [0.05, 0.1) is 25.4 Å². The molecule has 60 heavy (non-hydrogen) atoms. The van der Waals surface area contributed by atoms with Crippen LogP contribution in [0.3, 0.4) is 0 Å². The van der Waals surface area contributed by atoms with Gasteiger partial charge < -0.3 is 35.4 Å². The predicted molar refractivity (Wildman–Crippen MR) is 238 cm³/mol. The molecule has 1 unspecified atom stereocenters. The van der Waals surface area contributed by atoms with Crippen molar-refractivity contribution in [2.45, 2.75) is 167 Å². The van der Waals surface area contributed by atoms with Crippen molar-refractivity contribution >= 4 is 25.7 Å². The normalized spacial score (nSPS) is 15.6. The van der Waals surface area contributed by atoms with Crippen molar-refractivity contribution in [3.63, 3.8) is 0 Å². The Morgan fingerprint density at radius 2 is 1.10 bits per heavy atom. The summed E-state index contributed by atoms with van der Waals surface area (Å²) in [4.78, 5) is 46.0. The van der Waals surface area contributed by atoms with E-state index in [2.05, 4.69) is 85.2 Å².